The normalized spacial score (nSPS) is 15.0. The monoisotopic (exact) mass is 2500 g/mol. The van der Waals surface area contributed by atoms with E-state index in [9.17, 15) is 17.6 Å². The molecule has 0 bridgehead atoms. The molecule has 0 N–H and O–H groups in total. The van der Waals surface area contributed by atoms with Crippen LogP contribution in [0.4, 0.5) is 17.6 Å². The van der Waals surface area contributed by atoms with Gasteiger partial charge in [0.1, 0.15) is 11.9 Å². The Bertz CT molecular complexity index is 2240. The summed E-state index contributed by atoms with van der Waals surface area (Å²) in [6.07, 6.45) is 0. The van der Waals surface area contributed by atoms with Crippen LogP contribution in [0.25, 0.3) is 0 Å². The highest BCUT2D eigenvalue weighted by Gasteiger charge is 2.55. The molecule has 0 spiro atoms. The number of halogens is 20. The summed E-state index contributed by atoms with van der Waals surface area (Å²) in [4.78, 5) is 1.15. The smallest absolute Gasteiger partial charge is 0.193 e. The van der Waals surface area contributed by atoms with Crippen LogP contribution in [-0.2, 0) is 0 Å². The molecule has 792 valence electrons. The number of rotatable bonds is 0. The quantitative estimate of drug-likeness (QED) is 0.168. The SMILES string of the molecule is CC(C)(C)C(Br)(Br)C(C)(C)C.CC(C)(C)C(Br)C(C)(C)C.CC(C)(C)C(Br)C(C)(C)C.CC(C)(C)C(Cl)(Br)C(C)(C)C.CC(C)(C)C(Cl)(Br)C(C)(C)C.CC(C)(C)C(Cl)(Cl)C(C)(C)C.CC(C)(C)C(Cl)C(C)(C)C.CC(C)(C)C(Cl)C(C)(C)C.CC(C)(C)C(F)(Br)C(C)(C)C.CC(C)(C)C(F)(Br)C(C)(C)C.CC(C)(C)C(F)(Cl)C(C)(C)C.CC(C)(C)C(F)(Cl)C(C)(C)C. The van der Waals surface area contributed by atoms with Crippen molar-refractivity contribution >= 4 is 220 Å². The molecular formula is C108H220Br8Cl8F4. The zero-order valence-electron chi connectivity index (χ0n) is 97.9. The van der Waals surface area contributed by atoms with Gasteiger partial charge in [0.05, 0.1) is 3.23 Å². The van der Waals surface area contributed by atoms with E-state index >= 15 is 0 Å². The summed E-state index contributed by atoms with van der Waals surface area (Å²) in [7, 11) is 0. The van der Waals surface area contributed by atoms with E-state index in [2.05, 4.69) is 460 Å². The Morgan fingerprint density at radius 2 is 0.273 bits per heavy atom. The van der Waals surface area contributed by atoms with Gasteiger partial charge in [-0.2, -0.15) is 0 Å². The summed E-state index contributed by atoms with van der Waals surface area (Å²) in [6, 6.07) is 0. The van der Waals surface area contributed by atoms with Gasteiger partial charge < -0.3 is 0 Å². The number of alkyl halides is 20. The molecule has 0 fully saturated rings. The van der Waals surface area contributed by atoms with Crippen molar-refractivity contribution in [2.24, 2.45) is 130 Å². The van der Waals surface area contributed by atoms with Crippen molar-refractivity contribution in [1.82, 2.24) is 0 Å². The molecule has 0 radical (unpaired) electrons. The number of hydrogen-bond donors (Lipinski definition) is 0. The molecule has 0 rings (SSSR count). The van der Waals surface area contributed by atoms with Gasteiger partial charge in [0, 0.05) is 63.7 Å². The average Bonchev–Trinajstić information content (AvgIpc) is 0.812. The lowest BCUT2D eigenvalue weighted by Gasteiger charge is -2.45. The summed E-state index contributed by atoms with van der Waals surface area (Å²) in [5, 5.41) is -2.83. The van der Waals surface area contributed by atoms with E-state index in [0.717, 1.165) is 0 Å². The van der Waals surface area contributed by atoms with E-state index in [1.807, 2.05) is 166 Å². The highest BCUT2D eigenvalue weighted by Crippen LogP contribution is 2.60. The molecule has 0 amide bonds. The van der Waals surface area contributed by atoms with Crippen LogP contribution in [0.5, 0.6) is 0 Å². The van der Waals surface area contributed by atoms with E-state index in [-0.39, 0.29) is 108 Å². The van der Waals surface area contributed by atoms with Crippen LogP contribution >= 0.6 is 220 Å². The summed E-state index contributed by atoms with van der Waals surface area (Å²) < 4.78 is 51.8. The maximum atomic E-state index is 14.0. The first-order chi connectivity index (χ1) is 52.6. The van der Waals surface area contributed by atoms with Crippen molar-refractivity contribution in [3.63, 3.8) is 0 Å². The van der Waals surface area contributed by atoms with Gasteiger partial charge in [-0.25, -0.2) is 17.6 Å². The Labute approximate surface area is 911 Å². The summed E-state index contributed by atoms with van der Waals surface area (Å²) >= 11 is 77.8. The van der Waals surface area contributed by atoms with E-state index in [0.29, 0.717) is 31.3 Å². The molecule has 0 saturated carbocycles. The molecule has 0 nitrogen and oxygen atoms in total. The predicted molar refractivity (Wildman–Crippen MR) is 627 cm³/mol. The van der Waals surface area contributed by atoms with Gasteiger partial charge in [-0.15, -0.1) is 69.6 Å². The minimum absolute atomic E-state index is 0.000000000000000222. The molecule has 0 atom stereocenters. The van der Waals surface area contributed by atoms with Crippen molar-refractivity contribution in [1.29, 1.82) is 0 Å². The summed E-state index contributed by atoms with van der Waals surface area (Å²) in [5.41, 5.74) is -0.795. The molecule has 0 aromatic rings. The first kappa shape index (κ1) is 159. The van der Waals surface area contributed by atoms with E-state index in [4.69, 9.17) is 92.8 Å². The Hall–Kier alpha value is 5.88. The zero-order valence-corrected chi connectivity index (χ0v) is 117. The van der Waals surface area contributed by atoms with Crippen LogP contribution in [0.3, 0.4) is 0 Å². The van der Waals surface area contributed by atoms with E-state index < -0.39 is 45.4 Å². The van der Waals surface area contributed by atoms with Crippen LogP contribution in [-0.4, -0.2) is 55.0 Å². The van der Waals surface area contributed by atoms with Gasteiger partial charge in [0.15, 0.2) is 19.4 Å². The van der Waals surface area contributed by atoms with Crippen LogP contribution in [0.2, 0.25) is 0 Å². The van der Waals surface area contributed by atoms with Gasteiger partial charge in [-0.05, 0) is 118 Å². The van der Waals surface area contributed by atoms with Gasteiger partial charge in [0.25, 0.3) is 0 Å². The van der Waals surface area contributed by atoms with Crippen molar-refractivity contribution in [3.8, 4) is 0 Å². The Kier molecular flexibility index (Phi) is 65.2. The van der Waals surface area contributed by atoms with Gasteiger partial charge >= 0.3 is 0 Å². The molecule has 0 aromatic carbocycles. The largest absolute Gasteiger partial charge is 0.230 e. The second-order valence-corrected chi connectivity index (χ2v) is 76.1. The topological polar surface area (TPSA) is 0 Å². The standard InChI is InChI=1S/C9H18Br2.2C9H18BrCl.2C9H18BrF.2C9H19Br.C9H18Cl2.2C9H18ClF.2C9H19Cl/c5*1-7(2,3)9(10,11)8(4,5)6;2*1-8(2,3)7(10)9(4,5)6;3*1-7(2,3)9(10,11)8(4,5)6;2*1-8(2,3)7(10)9(4,5)6/h5*1-6H3;2*7H,1-6H3;3*1-6H3;2*7H,1-6H3. The van der Waals surface area contributed by atoms with E-state index in [1.165, 1.54) is 0 Å². The maximum absolute atomic E-state index is 14.0. The fraction of sp³-hybridized carbons (Fsp3) is 1.00. The van der Waals surface area contributed by atoms with Crippen molar-refractivity contribution in [2.75, 3.05) is 0 Å². The predicted octanol–water partition coefficient (Wildman–Crippen LogP) is 48.9. The molecule has 20 heteroatoms. The third-order valence-corrected chi connectivity index (χ3v) is 50.3. The van der Waals surface area contributed by atoms with E-state index in [1.54, 1.807) is 0 Å². The third kappa shape index (κ3) is 57.7. The molecule has 0 aliphatic carbocycles. The summed E-state index contributed by atoms with van der Waals surface area (Å²) in [5.74, 6) is 0. The van der Waals surface area contributed by atoms with Crippen LogP contribution < -0.4 is 0 Å². The minimum Gasteiger partial charge on any atom is -0.230 e. The lowest BCUT2D eigenvalue weighted by Crippen LogP contribution is -2.44. The molecule has 0 aliphatic heterocycles. The lowest BCUT2D eigenvalue weighted by atomic mass is 9.75. The van der Waals surface area contributed by atoms with Gasteiger partial charge in [0.2, 0.25) is 0 Å². The molecule has 0 aromatic heterocycles. The lowest BCUT2D eigenvalue weighted by molar-refractivity contribution is 0.0111. The Morgan fingerprint density at radius 3 is 0.273 bits per heavy atom. The second-order valence-electron chi connectivity index (χ2n) is 61.0. The van der Waals surface area contributed by atoms with Crippen molar-refractivity contribution in [3.05, 3.63) is 0 Å². The first-order valence-electron chi connectivity index (χ1n) is 46.2. The van der Waals surface area contributed by atoms with Crippen molar-refractivity contribution < 1.29 is 17.6 Å². The molecule has 0 saturated heterocycles. The maximum Gasteiger partial charge on any atom is 0.193 e. The third-order valence-electron chi connectivity index (χ3n) is 21.2. The Morgan fingerprint density at radius 1 is 0.164 bits per heavy atom. The molecular weight excluding hydrogens is 2300 g/mol. The Balaban J connectivity index is -0.000000115. The molecule has 0 aliphatic rings. The first-order valence-corrected chi connectivity index (χ1v) is 55.9. The molecule has 0 heterocycles. The second kappa shape index (κ2) is 52.5. The fourth-order valence-corrected chi connectivity index (χ4v) is 14.2. The fourth-order valence-electron chi connectivity index (χ4n) is 14.2. The van der Waals surface area contributed by atoms with Crippen molar-refractivity contribution in [2.45, 2.75) is 553 Å². The van der Waals surface area contributed by atoms with Crippen LogP contribution in [0, 0.1) is 130 Å². The number of hydrogen-bond acceptors (Lipinski definition) is 0. The highest BCUT2D eigenvalue weighted by atomic mass is 79.9. The molecule has 0 unspecified atom stereocenters. The summed E-state index contributed by atoms with van der Waals surface area (Å²) in [6.45, 7) is 149. The zero-order chi connectivity index (χ0) is 110. The van der Waals surface area contributed by atoms with Crippen LogP contribution in [0.15, 0.2) is 0 Å². The van der Waals surface area contributed by atoms with Gasteiger partial charge in [-0.3, -0.25) is 0 Å². The minimum atomic E-state index is -1.65. The average molecular weight is 2520 g/mol. The van der Waals surface area contributed by atoms with Gasteiger partial charge in [-0.1, -0.05) is 617 Å². The molecule has 128 heavy (non-hydrogen) atoms. The van der Waals surface area contributed by atoms with Crippen LogP contribution in [0.1, 0.15) is 499 Å². The highest BCUT2D eigenvalue weighted by molar-refractivity contribution is 9.25.